The minimum atomic E-state index is -5.35. The van der Waals surface area contributed by atoms with Gasteiger partial charge in [0.15, 0.2) is 5.82 Å². The summed E-state index contributed by atoms with van der Waals surface area (Å²) in [6.45, 7) is 0.116. The second-order valence-corrected chi connectivity index (χ2v) is 9.89. The number of nitrogens with one attached hydrogen (secondary N) is 2. The van der Waals surface area contributed by atoms with Gasteiger partial charge in [-0.25, -0.2) is 12.8 Å². The van der Waals surface area contributed by atoms with Crippen LogP contribution in [0.5, 0.6) is 0 Å². The van der Waals surface area contributed by atoms with Gasteiger partial charge >= 0.3 is 6.18 Å². The number of sulfone groups is 1. The van der Waals surface area contributed by atoms with Gasteiger partial charge in [-0.3, -0.25) is 9.59 Å². The molecule has 1 atom stereocenters. The SMILES string of the molecule is COCCNc1c(S(=O)(=O)c2ccc(C(=O)N(C)C)cc2)ccc(NC(=O)C(C)(O)C(F)(F)F)c1F. The molecule has 2 amide bonds. The normalized spacial score (nSPS) is 13.6. The number of ether oxygens (including phenoxy) is 1. The molecule has 2 aromatic rings. The van der Waals surface area contributed by atoms with E-state index in [0.29, 0.717) is 0 Å². The number of amides is 2. The third-order valence-corrected chi connectivity index (χ3v) is 6.87. The van der Waals surface area contributed by atoms with Gasteiger partial charge < -0.3 is 25.4 Å². The van der Waals surface area contributed by atoms with E-state index >= 15 is 4.39 Å². The summed E-state index contributed by atoms with van der Waals surface area (Å²) >= 11 is 0. The fourth-order valence-electron chi connectivity index (χ4n) is 2.86. The van der Waals surface area contributed by atoms with Crippen molar-refractivity contribution in [3.63, 3.8) is 0 Å². The first-order valence-electron chi connectivity index (χ1n) is 10.3. The second-order valence-electron chi connectivity index (χ2n) is 7.97. The number of hydrogen-bond acceptors (Lipinski definition) is 7. The van der Waals surface area contributed by atoms with Crippen LogP contribution in [0.25, 0.3) is 0 Å². The molecule has 0 heterocycles. The van der Waals surface area contributed by atoms with Crippen molar-refractivity contribution in [2.75, 3.05) is 45.0 Å². The molecule has 0 bridgehead atoms. The van der Waals surface area contributed by atoms with Crippen LogP contribution in [-0.4, -0.2) is 76.4 Å². The Morgan fingerprint density at radius 2 is 1.67 bits per heavy atom. The first kappa shape index (κ1) is 29.0. The van der Waals surface area contributed by atoms with Gasteiger partial charge in [0.2, 0.25) is 15.4 Å². The lowest BCUT2D eigenvalue weighted by molar-refractivity contribution is -0.242. The Morgan fingerprint density at radius 3 is 2.17 bits per heavy atom. The van der Waals surface area contributed by atoms with Gasteiger partial charge in [-0.1, -0.05) is 0 Å². The number of halogens is 4. The van der Waals surface area contributed by atoms with E-state index in [9.17, 15) is 36.3 Å². The highest BCUT2D eigenvalue weighted by Crippen LogP contribution is 2.36. The molecule has 0 aliphatic heterocycles. The van der Waals surface area contributed by atoms with Crippen molar-refractivity contribution in [2.24, 2.45) is 0 Å². The Morgan fingerprint density at radius 1 is 1.08 bits per heavy atom. The van der Waals surface area contributed by atoms with Crippen LogP contribution in [0.3, 0.4) is 0 Å². The van der Waals surface area contributed by atoms with Crippen molar-refractivity contribution in [1.29, 1.82) is 0 Å². The average Bonchev–Trinajstić information content (AvgIpc) is 2.80. The van der Waals surface area contributed by atoms with Gasteiger partial charge in [-0.15, -0.1) is 0 Å². The maximum absolute atomic E-state index is 15.3. The lowest BCUT2D eigenvalue weighted by Crippen LogP contribution is -2.52. The highest BCUT2D eigenvalue weighted by molar-refractivity contribution is 7.91. The molecule has 0 fully saturated rings. The lowest BCUT2D eigenvalue weighted by Gasteiger charge is -2.25. The van der Waals surface area contributed by atoms with Crippen molar-refractivity contribution in [1.82, 2.24) is 4.90 Å². The number of carbonyl (C=O) groups excluding carboxylic acids is 2. The molecule has 0 aliphatic carbocycles. The Bertz CT molecular complexity index is 1230. The Labute approximate surface area is 205 Å². The molecule has 0 radical (unpaired) electrons. The summed E-state index contributed by atoms with van der Waals surface area (Å²) < 4.78 is 85.6. The number of carbonyl (C=O) groups is 2. The summed E-state index contributed by atoms with van der Waals surface area (Å²) in [6, 6.07) is 6.51. The van der Waals surface area contributed by atoms with Gasteiger partial charge in [0.25, 0.3) is 11.8 Å². The molecule has 0 aromatic heterocycles. The molecule has 198 valence electrons. The highest BCUT2D eigenvalue weighted by Gasteiger charge is 2.56. The molecule has 2 aromatic carbocycles. The number of hydrogen-bond donors (Lipinski definition) is 3. The number of methoxy groups -OCH3 is 1. The van der Waals surface area contributed by atoms with Crippen LogP contribution in [0.2, 0.25) is 0 Å². The van der Waals surface area contributed by atoms with Gasteiger partial charge in [-0.05, 0) is 43.3 Å². The Hall–Kier alpha value is -3.23. The third kappa shape index (κ3) is 5.94. The minimum Gasteiger partial charge on any atom is -0.383 e. The van der Waals surface area contributed by atoms with E-state index in [2.05, 4.69) is 5.32 Å². The largest absolute Gasteiger partial charge is 0.426 e. The van der Waals surface area contributed by atoms with Crippen molar-refractivity contribution in [2.45, 2.75) is 28.5 Å². The summed E-state index contributed by atoms with van der Waals surface area (Å²) in [5, 5.41) is 13.7. The predicted octanol–water partition coefficient (Wildman–Crippen LogP) is 2.67. The number of nitrogens with zero attached hydrogens (tertiary/aromatic N) is 1. The van der Waals surface area contributed by atoms with E-state index in [0.717, 1.165) is 24.3 Å². The molecule has 1 unspecified atom stereocenters. The van der Waals surface area contributed by atoms with Gasteiger partial charge in [-0.2, -0.15) is 13.2 Å². The number of rotatable bonds is 9. The van der Waals surface area contributed by atoms with E-state index in [1.54, 1.807) is 5.32 Å². The van der Waals surface area contributed by atoms with Gasteiger partial charge in [0, 0.05) is 33.3 Å². The zero-order valence-electron chi connectivity index (χ0n) is 19.7. The molecule has 36 heavy (non-hydrogen) atoms. The van der Waals surface area contributed by atoms with Crippen LogP contribution in [0, 0.1) is 5.82 Å². The number of alkyl halides is 3. The maximum Gasteiger partial charge on any atom is 0.426 e. The number of anilines is 2. The van der Waals surface area contributed by atoms with Crippen LogP contribution in [-0.2, 0) is 19.4 Å². The van der Waals surface area contributed by atoms with E-state index in [-0.39, 0.29) is 36.4 Å². The molecular formula is C22H25F4N3O6S. The summed E-state index contributed by atoms with van der Waals surface area (Å²) in [6.07, 6.45) is -5.35. The van der Waals surface area contributed by atoms with Crippen LogP contribution >= 0.6 is 0 Å². The molecule has 2 rings (SSSR count). The predicted molar refractivity (Wildman–Crippen MR) is 122 cm³/mol. The summed E-state index contributed by atoms with van der Waals surface area (Å²) in [5.74, 6) is -3.71. The van der Waals surface area contributed by atoms with Crippen molar-refractivity contribution in [3.05, 3.63) is 47.8 Å². The summed E-state index contributed by atoms with van der Waals surface area (Å²) in [7, 11) is -0.0317. The topological polar surface area (TPSA) is 125 Å². The van der Waals surface area contributed by atoms with E-state index in [1.807, 2.05) is 0 Å². The van der Waals surface area contributed by atoms with Gasteiger partial charge in [0.1, 0.15) is 0 Å². The quantitative estimate of drug-likeness (QED) is 0.333. The molecule has 9 nitrogen and oxygen atoms in total. The van der Waals surface area contributed by atoms with E-state index in [4.69, 9.17) is 4.74 Å². The third-order valence-electron chi connectivity index (χ3n) is 5.06. The first-order chi connectivity index (χ1) is 16.6. The van der Waals surface area contributed by atoms with Crippen LogP contribution in [0.15, 0.2) is 46.2 Å². The number of benzene rings is 2. The van der Waals surface area contributed by atoms with Crippen LogP contribution in [0.4, 0.5) is 28.9 Å². The monoisotopic (exact) mass is 535 g/mol. The molecule has 0 saturated heterocycles. The Kier molecular flexibility index (Phi) is 8.70. The molecule has 0 saturated carbocycles. The van der Waals surface area contributed by atoms with Crippen molar-refractivity contribution >= 4 is 33.0 Å². The van der Waals surface area contributed by atoms with E-state index in [1.165, 1.54) is 38.2 Å². The maximum atomic E-state index is 15.3. The summed E-state index contributed by atoms with van der Waals surface area (Å²) in [5.41, 5.74) is -5.06. The van der Waals surface area contributed by atoms with Crippen LogP contribution < -0.4 is 10.6 Å². The van der Waals surface area contributed by atoms with Crippen molar-refractivity contribution < 1.29 is 45.4 Å². The Balaban J connectivity index is 2.54. The molecular weight excluding hydrogens is 510 g/mol. The fourth-order valence-corrected chi connectivity index (χ4v) is 4.28. The zero-order valence-corrected chi connectivity index (χ0v) is 20.6. The smallest absolute Gasteiger partial charge is 0.383 e. The van der Waals surface area contributed by atoms with Crippen molar-refractivity contribution in [3.8, 4) is 0 Å². The van der Waals surface area contributed by atoms with E-state index < -0.39 is 49.6 Å². The average molecular weight is 536 g/mol. The molecule has 0 aliphatic rings. The molecule has 0 spiro atoms. The molecule has 14 heteroatoms. The standard InChI is InChI=1S/C22H25F4N3O6S/c1-21(32,22(24,25)26)20(31)28-15-9-10-16(18(17(15)23)27-11-12-35-4)36(33,34)14-7-5-13(6-8-14)19(30)29(2)3/h5-10,27,32H,11-12H2,1-4H3,(H,28,31). The first-order valence-corrected chi connectivity index (χ1v) is 11.8. The minimum absolute atomic E-state index is 0.0135. The summed E-state index contributed by atoms with van der Waals surface area (Å²) in [4.78, 5) is 24.5. The second kappa shape index (κ2) is 10.8. The molecule has 3 N–H and O–H groups in total. The number of aliphatic hydroxyl groups is 1. The van der Waals surface area contributed by atoms with Gasteiger partial charge in [0.05, 0.1) is 27.8 Å². The zero-order chi connectivity index (χ0) is 27.5. The van der Waals surface area contributed by atoms with Crippen LogP contribution in [0.1, 0.15) is 17.3 Å². The highest BCUT2D eigenvalue weighted by atomic mass is 32.2. The lowest BCUT2D eigenvalue weighted by atomic mass is 10.1. The fraction of sp³-hybridized carbons (Fsp3) is 0.364.